The SMILES string of the molecule is CC(C)(C)O.OO.[H-].[Na+]. The minimum absolute atomic E-state index is 0. The van der Waals surface area contributed by atoms with Gasteiger partial charge in [0.05, 0.1) is 5.60 Å². The molecule has 0 aromatic heterocycles. The Labute approximate surface area is 73.1 Å². The predicted octanol–water partition coefficient (Wildman–Crippen LogP) is -2.09. The third kappa shape index (κ3) is 307. The van der Waals surface area contributed by atoms with Gasteiger partial charge < -0.3 is 6.53 Å². The summed E-state index contributed by atoms with van der Waals surface area (Å²) >= 11 is 0. The van der Waals surface area contributed by atoms with Gasteiger partial charge in [0, 0.05) is 0 Å². The van der Waals surface area contributed by atoms with Crippen LogP contribution < -0.4 is 29.6 Å². The summed E-state index contributed by atoms with van der Waals surface area (Å²) in [6, 6.07) is 0. The van der Waals surface area contributed by atoms with E-state index in [9.17, 15) is 0 Å². The van der Waals surface area contributed by atoms with Crippen molar-refractivity contribution in [1.29, 1.82) is 0 Å². The number of hydrogen-bond acceptors (Lipinski definition) is 3. The Balaban J connectivity index is -0.0000000286. The fraction of sp³-hybridized carbons (Fsp3) is 1.00. The molecule has 0 heterocycles. The van der Waals surface area contributed by atoms with Crippen LogP contribution in [0.3, 0.4) is 0 Å². The van der Waals surface area contributed by atoms with E-state index in [2.05, 4.69) is 0 Å². The molecular formula is C4H13NaO3. The zero-order valence-corrected chi connectivity index (χ0v) is 7.84. The minimum Gasteiger partial charge on any atom is -1.00 e. The van der Waals surface area contributed by atoms with Crippen LogP contribution in [0.4, 0.5) is 0 Å². The first kappa shape index (κ1) is 15.9. The van der Waals surface area contributed by atoms with Gasteiger partial charge in [0.1, 0.15) is 0 Å². The zero-order valence-electron chi connectivity index (χ0n) is 6.84. The summed E-state index contributed by atoms with van der Waals surface area (Å²) in [6.45, 7) is 5.23. The Morgan fingerprint density at radius 1 is 1.12 bits per heavy atom. The molecule has 8 heavy (non-hydrogen) atoms. The van der Waals surface area contributed by atoms with Gasteiger partial charge in [-0.05, 0) is 20.8 Å². The van der Waals surface area contributed by atoms with Gasteiger partial charge in [0.2, 0.25) is 0 Å². The molecule has 0 saturated heterocycles. The molecule has 0 aliphatic rings. The molecule has 0 unspecified atom stereocenters. The van der Waals surface area contributed by atoms with Crippen molar-refractivity contribution in [3.8, 4) is 0 Å². The molecule has 0 saturated carbocycles. The van der Waals surface area contributed by atoms with Gasteiger partial charge in [-0.15, -0.1) is 0 Å². The molecular weight excluding hydrogens is 119 g/mol. The van der Waals surface area contributed by atoms with Crippen LogP contribution in [-0.4, -0.2) is 21.2 Å². The maximum absolute atomic E-state index is 8.52. The monoisotopic (exact) mass is 132 g/mol. The van der Waals surface area contributed by atoms with Crippen molar-refractivity contribution in [3.63, 3.8) is 0 Å². The van der Waals surface area contributed by atoms with Crippen LogP contribution in [0.15, 0.2) is 0 Å². The van der Waals surface area contributed by atoms with E-state index in [4.69, 9.17) is 15.6 Å². The Kier molecular flexibility index (Phi) is 15.7. The van der Waals surface area contributed by atoms with Crippen molar-refractivity contribution < 1.29 is 46.6 Å². The van der Waals surface area contributed by atoms with Crippen LogP contribution in [-0.2, 0) is 0 Å². The molecule has 0 rings (SSSR count). The van der Waals surface area contributed by atoms with Gasteiger partial charge >= 0.3 is 29.6 Å². The van der Waals surface area contributed by atoms with E-state index in [0.29, 0.717) is 0 Å². The summed E-state index contributed by atoms with van der Waals surface area (Å²) in [5.74, 6) is 0. The van der Waals surface area contributed by atoms with Gasteiger partial charge in [0.15, 0.2) is 0 Å². The van der Waals surface area contributed by atoms with Gasteiger partial charge in [-0.3, -0.25) is 10.5 Å². The second-order valence-electron chi connectivity index (χ2n) is 2.17. The molecule has 48 valence electrons. The van der Waals surface area contributed by atoms with Crippen molar-refractivity contribution in [3.05, 3.63) is 0 Å². The van der Waals surface area contributed by atoms with E-state index < -0.39 is 5.60 Å². The average Bonchev–Trinajstić information content (AvgIpc) is 1.36. The average molecular weight is 132 g/mol. The van der Waals surface area contributed by atoms with Gasteiger partial charge in [0.25, 0.3) is 0 Å². The molecule has 0 aromatic rings. The fourth-order valence-corrected chi connectivity index (χ4v) is 0. The Morgan fingerprint density at radius 3 is 1.12 bits per heavy atom. The summed E-state index contributed by atoms with van der Waals surface area (Å²) < 4.78 is 0. The number of rotatable bonds is 0. The first-order chi connectivity index (χ1) is 3.00. The minimum atomic E-state index is -0.500. The molecule has 0 bridgehead atoms. The molecule has 0 atom stereocenters. The molecule has 0 spiro atoms. The van der Waals surface area contributed by atoms with Crippen LogP contribution in [0.5, 0.6) is 0 Å². The second-order valence-corrected chi connectivity index (χ2v) is 2.17. The van der Waals surface area contributed by atoms with Gasteiger partial charge in [-0.25, -0.2) is 0 Å². The normalized spacial score (nSPS) is 8.25. The molecule has 0 aliphatic heterocycles. The number of hydrogen-bond donors (Lipinski definition) is 3. The summed E-state index contributed by atoms with van der Waals surface area (Å²) in [5.41, 5.74) is -0.500. The first-order valence-electron chi connectivity index (χ1n) is 1.92. The molecule has 0 aliphatic carbocycles. The first-order valence-corrected chi connectivity index (χ1v) is 1.92. The van der Waals surface area contributed by atoms with Crippen molar-refractivity contribution >= 4 is 0 Å². The topological polar surface area (TPSA) is 60.7 Å². The molecule has 0 aromatic carbocycles. The fourth-order valence-electron chi connectivity index (χ4n) is 0. The van der Waals surface area contributed by atoms with Crippen molar-refractivity contribution in [2.75, 3.05) is 0 Å². The predicted molar refractivity (Wildman–Crippen MR) is 28.3 cm³/mol. The molecule has 0 radical (unpaired) electrons. The smallest absolute Gasteiger partial charge is 1.00 e. The van der Waals surface area contributed by atoms with Gasteiger partial charge in [-0.2, -0.15) is 0 Å². The summed E-state index contributed by atoms with van der Waals surface area (Å²) in [4.78, 5) is 0. The van der Waals surface area contributed by atoms with E-state index >= 15 is 0 Å². The number of aliphatic hydroxyl groups is 1. The third-order valence-corrected chi connectivity index (χ3v) is 0. The van der Waals surface area contributed by atoms with Crippen LogP contribution in [0, 0.1) is 0 Å². The summed E-state index contributed by atoms with van der Waals surface area (Å²) in [5, 5.41) is 20.5. The van der Waals surface area contributed by atoms with Crippen LogP contribution in [0.2, 0.25) is 0 Å². The largest absolute Gasteiger partial charge is 1.00 e. The standard InChI is InChI=1S/C4H10O.Na.H2O2.H/c1-4(2,3)5;;1-2;/h5H,1-3H3;;1-2H;/q;+1;;-1. The molecule has 0 amide bonds. The van der Waals surface area contributed by atoms with E-state index in [0.717, 1.165) is 0 Å². The summed E-state index contributed by atoms with van der Waals surface area (Å²) in [6.07, 6.45) is 0. The maximum Gasteiger partial charge on any atom is 1.00 e. The van der Waals surface area contributed by atoms with Crippen LogP contribution in [0.1, 0.15) is 22.2 Å². The molecule has 4 heteroatoms. The second kappa shape index (κ2) is 7.88. The van der Waals surface area contributed by atoms with Crippen molar-refractivity contribution in [2.45, 2.75) is 26.4 Å². The Hall–Kier alpha value is 0.880. The van der Waals surface area contributed by atoms with E-state index in [1.165, 1.54) is 0 Å². The van der Waals surface area contributed by atoms with Crippen molar-refractivity contribution in [1.82, 2.24) is 0 Å². The Morgan fingerprint density at radius 2 is 1.12 bits per heavy atom. The quantitative estimate of drug-likeness (QED) is 0.201. The third-order valence-electron chi connectivity index (χ3n) is 0. The zero-order chi connectivity index (χ0) is 6.50. The molecule has 0 fully saturated rings. The van der Waals surface area contributed by atoms with Crippen molar-refractivity contribution in [2.24, 2.45) is 0 Å². The maximum atomic E-state index is 8.52. The van der Waals surface area contributed by atoms with E-state index in [1.54, 1.807) is 20.8 Å². The molecule has 3 N–H and O–H groups in total. The van der Waals surface area contributed by atoms with E-state index in [-0.39, 0.29) is 31.0 Å². The summed E-state index contributed by atoms with van der Waals surface area (Å²) in [7, 11) is 0. The van der Waals surface area contributed by atoms with Gasteiger partial charge in [-0.1, -0.05) is 0 Å². The van der Waals surface area contributed by atoms with Crippen LogP contribution >= 0.6 is 0 Å². The van der Waals surface area contributed by atoms with Crippen LogP contribution in [0.25, 0.3) is 0 Å². The molecule has 3 nitrogen and oxygen atoms in total. The van der Waals surface area contributed by atoms with E-state index in [1.807, 2.05) is 0 Å². The Bertz CT molecular complexity index is 31.3.